The van der Waals surface area contributed by atoms with Gasteiger partial charge in [0.2, 0.25) is 5.91 Å². The number of hydrogen-bond donors (Lipinski definition) is 3. The Labute approximate surface area is 99.8 Å². The van der Waals surface area contributed by atoms with Crippen molar-refractivity contribution in [2.24, 2.45) is 0 Å². The molecule has 17 heavy (non-hydrogen) atoms. The molecule has 5 heteroatoms. The number of rotatable bonds is 5. The predicted molar refractivity (Wildman–Crippen MR) is 64.3 cm³/mol. The molecule has 0 aromatic heterocycles. The Morgan fingerprint density at radius 3 is 2.88 bits per heavy atom. The van der Waals surface area contributed by atoms with Gasteiger partial charge in [-0.2, -0.15) is 0 Å². The van der Waals surface area contributed by atoms with Crippen LogP contribution < -0.4 is 15.4 Å². The normalized spacial score (nSPS) is 14.4. The second-order valence-electron chi connectivity index (χ2n) is 4.09. The van der Waals surface area contributed by atoms with Crippen LogP contribution in [0.1, 0.15) is 12.8 Å². The number of methoxy groups -OCH3 is 1. The van der Waals surface area contributed by atoms with Gasteiger partial charge < -0.3 is 20.5 Å². The Hall–Kier alpha value is -1.75. The highest BCUT2D eigenvalue weighted by molar-refractivity contribution is 5.93. The molecule has 1 saturated carbocycles. The summed E-state index contributed by atoms with van der Waals surface area (Å²) >= 11 is 0. The number of hydrogen-bond acceptors (Lipinski definition) is 4. The molecule has 2 rings (SSSR count). The number of aromatic hydroxyl groups is 1. The van der Waals surface area contributed by atoms with Crippen LogP contribution in [0.15, 0.2) is 18.2 Å². The minimum absolute atomic E-state index is 0.00382. The second kappa shape index (κ2) is 5.05. The van der Waals surface area contributed by atoms with E-state index in [-0.39, 0.29) is 18.2 Å². The van der Waals surface area contributed by atoms with Crippen molar-refractivity contribution >= 4 is 11.6 Å². The van der Waals surface area contributed by atoms with Gasteiger partial charge in [0.15, 0.2) is 0 Å². The van der Waals surface area contributed by atoms with Gasteiger partial charge in [-0.3, -0.25) is 4.79 Å². The third-order valence-electron chi connectivity index (χ3n) is 2.61. The van der Waals surface area contributed by atoms with E-state index in [9.17, 15) is 9.90 Å². The zero-order valence-corrected chi connectivity index (χ0v) is 9.69. The van der Waals surface area contributed by atoms with Crippen molar-refractivity contribution in [3.63, 3.8) is 0 Å². The molecule has 0 spiro atoms. The standard InChI is InChI=1S/C12H16N2O3/c1-17-9-4-5-10(11(15)6-9)14-12(16)7-13-8-2-3-8/h4-6,8,13,15H,2-3,7H2,1H3,(H,14,16). The number of phenolic OH excluding ortho intramolecular Hbond substituents is 1. The van der Waals surface area contributed by atoms with Crippen molar-refractivity contribution in [1.29, 1.82) is 0 Å². The van der Waals surface area contributed by atoms with E-state index in [1.54, 1.807) is 12.1 Å². The third-order valence-corrected chi connectivity index (χ3v) is 2.61. The topological polar surface area (TPSA) is 70.6 Å². The lowest BCUT2D eigenvalue weighted by Gasteiger charge is -2.09. The maximum absolute atomic E-state index is 11.5. The predicted octanol–water partition coefficient (Wildman–Crippen LogP) is 1.09. The first-order valence-corrected chi connectivity index (χ1v) is 5.59. The van der Waals surface area contributed by atoms with E-state index in [0.29, 0.717) is 17.5 Å². The van der Waals surface area contributed by atoms with Gasteiger partial charge in [-0.05, 0) is 25.0 Å². The van der Waals surface area contributed by atoms with Crippen molar-refractivity contribution in [2.45, 2.75) is 18.9 Å². The monoisotopic (exact) mass is 236 g/mol. The second-order valence-corrected chi connectivity index (χ2v) is 4.09. The van der Waals surface area contributed by atoms with Gasteiger partial charge in [-0.1, -0.05) is 0 Å². The highest BCUT2D eigenvalue weighted by atomic mass is 16.5. The summed E-state index contributed by atoms with van der Waals surface area (Å²) in [6.07, 6.45) is 2.28. The summed E-state index contributed by atoms with van der Waals surface area (Å²) in [5.41, 5.74) is 0.397. The molecule has 0 saturated heterocycles. The van der Waals surface area contributed by atoms with Gasteiger partial charge in [0.25, 0.3) is 0 Å². The van der Waals surface area contributed by atoms with E-state index in [1.165, 1.54) is 13.2 Å². The number of benzene rings is 1. The molecule has 0 radical (unpaired) electrons. The summed E-state index contributed by atoms with van der Waals surface area (Å²) in [4.78, 5) is 11.5. The number of nitrogens with one attached hydrogen (secondary N) is 2. The van der Waals surface area contributed by atoms with Crippen molar-refractivity contribution in [3.05, 3.63) is 18.2 Å². The first-order valence-electron chi connectivity index (χ1n) is 5.59. The Balaban J connectivity index is 1.90. The largest absolute Gasteiger partial charge is 0.506 e. The molecule has 5 nitrogen and oxygen atoms in total. The SMILES string of the molecule is COc1ccc(NC(=O)CNC2CC2)c(O)c1. The Morgan fingerprint density at radius 1 is 1.53 bits per heavy atom. The van der Waals surface area contributed by atoms with Gasteiger partial charge in [0.1, 0.15) is 11.5 Å². The van der Waals surface area contributed by atoms with Crippen LogP contribution in [0, 0.1) is 0 Å². The van der Waals surface area contributed by atoms with Crippen LogP contribution in [0.5, 0.6) is 11.5 Å². The Bertz CT molecular complexity index is 416. The van der Waals surface area contributed by atoms with Gasteiger partial charge >= 0.3 is 0 Å². The summed E-state index contributed by atoms with van der Waals surface area (Å²) in [7, 11) is 1.52. The van der Waals surface area contributed by atoms with E-state index in [0.717, 1.165) is 12.8 Å². The molecule has 1 amide bonds. The van der Waals surface area contributed by atoms with Gasteiger partial charge in [-0.25, -0.2) is 0 Å². The van der Waals surface area contributed by atoms with Crippen molar-refractivity contribution in [1.82, 2.24) is 5.32 Å². The molecule has 0 bridgehead atoms. The summed E-state index contributed by atoms with van der Waals surface area (Å²) < 4.78 is 4.96. The molecule has 3 N–H and O–H groups in total. The fourth-order valence-electron chi connectivity index (χ4n) is 1.46. The molecular weight excluding hydrogens is 220 g/mol. The van der Waals surface area contributed by atoms with Gasteiger partial charge in [0, 0.05) is 12.1 Å². The highest BCUT2D eigenvalue weighted by Crippen LogP contribution is 2.27. The van der Waals surface area contributed by atoms with Crippen LogP contribution >= 0.6 is 0 Å². The molecule has 1 aliphatic rings. The lowest BCUT2D eigenvalue weighted by atomic mass is 10.2. The average molecular weight is 236 g/mol. The average Bonchev–Trinajstić information content (AvgIpc) is 3.13. The fraction of sp³-hybridized carbons (Fsp3) is 0.417. The molecular formula is C12H16N2O3. The zero-order valence-electron chi connectivity index (χ0n) is 9.69. The maximum Gasteiger partial charge on any atom is 0.238 e. The van der Waals surface area contributed by atoms with Gasteiger partial charge in [-0.15, -0.1) is 0 Å². The minimum Gasteiger partial charge on any atom is -0.506 e. The molecule has 92 valence electrons. The quantitative estimate of drug-likeness (QED) is 0.669. The number of anilines is 1. The van der Waals surface area contributed by atoms with Crippen molar-refractivity contribution in [3.8, 4) is 11.5 Å². The minimum atomic E-state index is -0.155. The summed E-state index contributed by atoms with van der Waals surface area (Å²) in [5, 5.41) is 15.4. The molecule has 1 aliphatic carbocycles. The summed E-state index contributed by atoms with van der Waals surface area (Å²) in [6, 6.07) is 5.25. The van der Waals surface area contributed by atoms with E-state index in [1.807, 2.05) is 0 Å². The van der Waals surface area contributed by atoms with E-state index in [2.05, 4.69) is 10.6 Å². The molecule has 1 aromatic carbocycles. The van der Waals surface area contributed by atoms with Gasteiger partial charge in [0.05, 0.1) is 19.3 Å². The third kappa shape index (κ3) is 3.35. The van der Waals surface area contributed by atoms with Crippen LogP contribution in [0.3, 0.4) is 0 Å². The van der Waals surface area contributed by atoms with Crippen molar-refractivity contribution in [2.75, 3.05) is 19.0 Å². The lowest BCUT2D eigenvalue weighted by Crippen LogP contribution is -2.29. The highest BCUT2D eigenvalue weighted by Gasteiger charge is 2.21. The number of amides is 1. The molecule has 0 heterocycles. The number of ether oxygens (including phenoxy) is 1. The van der Waals surface area contributed by atoms with E-state index in [4.69, 9.17) is 4.74 Å². The smallest absolute Gasteiger partial charge is 0.238 e. The maximum atomic E-state index is 11.5. The summed E-state index contributed by atoms with van der Waals surface area (Å²) in [5.74, 6) is 0.401. The first kappa shape index (κ1) is 11.7. The van der Waals surface area contributed by atoms with E-state index >= 15 is 0 Å². The molecule has 0 aliphatic heterocycles. The number of carbonyl (C=O) groups is 1. The van der Waals surface area contributed by atoms with Crippen LogP contribution in [-0.2, 0) is 4.79 Å². The number of phenols is 1. The van der Waals surface area contributed by atoms with Crippen LogP contribution in [0.4, 0.5) is 5.69 Å². The van der Waals surface area contributed by atoms with Crippen LogP contribution in [0.2, 0.25) is 0 Å². The number of carbonyl (C=O) groups excluding carboxylic acids is 1. The molecule has 1 aromatic rings. The molecule has 0 unspecified atom stereocenters. The Kier molecular flexibility index (Phi) is 3.49. The summed E-state index contributed by atoms with van der Waals surface area (Å²) in [6.45, 7) is 0.274. The van der Waals surface area contributed by atoms with Crippen LogP contribution in [0.25, 0.3) is 0 Å². The first-order chi connectivity index (χ1) is 8.19. The molecule has 0 atom stereocenters. The molecule has 1 fully saturated rings. The van der Waals surface area contributed by atoms with Crippen LogP contribution in [-0.4, -0.2) is 30.7 Å². The fourth-order valence-corrected chi connectivity index (χ4v) is 1.46. The zero-order chi connectivity index (χ0) is 12.3. The van der Waals surface area contributed by atoms with Crippen molar-refractivity contribution < 1.29 is 14.6 Å². The Morgan fingerprint density at radius 2 is 2.29 bits per heavy atom. The van der Waals surface area contributed by atoms with E-state index < -0.39 is 0 Å². The lowest BCUT2D eigenvalue weighted by molar-refractivity contribution is -0.115.